The highest BCUT2D eigenvalue weighted by molar-refractivity contribution is 7.13. The second-order valence-electron chi connectivity index (χ2n) is 6.93. The molecule has 0 bridgehead atoms. The van der Waals surface area contributed by atoms with Gasteiger partial charge in [0.1, 0.15) is 5.00 Å². The van der Waals surface area contributed by atoms with Gasteiger partial charge in [0.25, 0.3) is 5.91 Å². The summed E-state index contributed by atoms with van der Waals surface area (Å²) in [6, 6.07) is 11.7. The van der Waals surface area contributed by atoms with E-state index in [2.05, 4.69) is 27.3 Å². The molecule has 1 aliphatic heterocycles. The normalized spacial score (nSPS) is 14.0. The fourth-order valence-corrected chi connectivity index (χ4v) is 4.53. The second-order valence-corrected chi connectivity index (χ2v) is 7.82. The molecule has 3 heterocycles. The minimum absolute atomic E-state index is 0.0132. The molecular weight excluding hydrogens is 358 g/mol. The minimum atomic E-state index is -0.155. The molecular formula is C21H21N3O2S. The number of thiophene rings is 1. The summed E-state index contributed by atoms with van der Waals surface area (Å²) in [6.45, 7) is 6.04. The topological polar surface area (TPSA) is 63.1 Å². The molecule has 4 rings (SSSR count). The van der Waals surface area contributed by atoms with Crippen molar-refractivity contribution < 1.29 is 9.59 Å². The van der Waals surface area contributed by atoms with Gasteiger partial charge >= 0.3 is 0 Å². The Morgan fingerprint density at radius 3 is 2.67 bits per heavy atom. The zero-order valence-electron chi connectivity index (χ0n) is 15.5. The van der Waals surface area contributed by atoms with Crippen LogP contribution in [0.25, 0.3) is 5.00 Å². The van der Waals surface area contributed by atoms with Crippen molar-refractivity contribution in [3.63, 3.8) is 0 Å². The van der Waals surface area contributed by atoms with Gasteiger partial charge in [0, 0.05) is 17.1 Å². The van der Waals surface area contributed by atoms with Crippen LogP contribution in [0.2, 0.25) is 0 Å². The molecule has 3 aromatic rings. The molecule has 27 heavy (non-hydrogen) atoms. The van der Waals surface area contributed by atoms with Crippen LogP contribution in [0.4, 0.5) is 5.69 Å². The van der Waals surface area contributed by atoms with Crippen LogP contribution >= 0.6 is 11.3 Å². The molecule has 2 amide bonds. The molecule has 0 saturated heterocycles. The van der Waals surface area contributed by atoms with Crippen LogP contribution in [0.5, 0.6) is 0 Å². The molecule has 1 atom stereocenters. The average molecular weight is 379 g/mol. The monoisotopic (exact) mass is 379 g/mol. The van der Waals surface area contributed by atoms with Crippen molar-refractivity contribution in [3.8, 4) is 5.00 Å². The Balaban J connectivity index is 1.56. The smallest absolute Gasteiger partial charge is 0.254 e. The van der Waals surface area contributed by atoms with Gasteiger partial charge in [-0.25, -0.2) is 0 Å². The summed E-state index contributed by atoms with van der Waals surface area (Å²) in [5.41, 5.74) is 5.71. The number of benzene rings is 1. The third-order valence-corrected chi connectivity index (χ3v) is 5.86. The van der Waals surface area contributed by atoms with E-state index in [-0.39, 0.29) is 17.9 Å². The number of amides is 2. The third kappa shape index (κ3) is 3.17. The van der Waals surface area contributed by atoms with E-state index in [4.69, 9.17) is 0 Å². The van der Waals surface area contributed by atoms with Crippen molar-refractivity contribution in [1.29, 1.82) is 0 Å². The first-order valence-electron chi connectivity index (χ1n) is 8.90. The standard InChI is InChI=1S/C21H21N3O2S/c1-12-4-5-13(2)24(12)21-17(8-9-27-21)20(26)22-14(3)15-6-7-18-16(10-15)11-19(25)23-18/h4-10,14H,11H2,1-3H3,(H,22,26)(H,23,25)/t14-/m1/s1. The quantitative estimate of drug-likeness (QED) is 0.716. The summed E-state index contributed by atoms with van der Waals surface area (Å²) >= 11 is 1.56. The van der Waals surface area contributed by atoms with Crippen LogP contribution in [0.15, 0.2) is 41.8 Å². The van der Waals surface area contributed by atoms with Gasteiger partial charge in [0.05, 0.1) is 18.0 Å². The number of hydrogen-bond acceptors (Lipinski definition) is 3. The molecule has 6 heteroatoms. The molecule has 0 aliphatic carbocycles. The summed E-state index contributed by atoms with van der Waals surface area (Å²) in [7, 11) is 0. The molecule has 0 fully saturated rings. The Labute approximate surface area is 162 Å². The first kappa shape index (κ1) is 17.5. The summed E-state index contributed by atoms with van der Waals surface area (Å²) in [6.07, 6.45) is 0.394. The molecule has 1 aliphatic rings. The summed E-state index contributed by atoms with van der Waals surface area (Å²) < 4.78 is 2.11. The van der Waals surface area contributed by atoms with Crippen molar-refractivity contribution in [2.45, 2.75) is 33.2 Å². The third-order valence-electron chi connectivity index (χ3n) is 4.97. The van der Waals surface area contributed by atoms with Gasteiger partial charge in [0.15, 0.2) is 0 Å². The van der Waals surface area contributed by atoms with Gasteiger partial charge in [-0.1, -0.05) is 12.1 Å². The van der Waals surface area contributed by atoms with Crippen LogP contribution in [-0.2, 0) is 11.2 Å². The zero-order valence-corrected chi connectivity index (χ0v) is 16.3. The van der Waals surface area contributed by atoms with E-state index in [0.717, 1.165) is 33.2 Å². The summed E-state index contributed by atoms with van der Waals surface area (Å²) in [4.78, 5) is 24.5. The van der Waals surface area contributed by atoms with Gasteiger partial charge in [-0.15, -0.1) is 11.3 Å². The maximum Gasteiger partial charge on any atom is 0.254 e. The zero-order chi connectivity index (χ0) is 19.1. The molecule has 138 valence electrons. The molecule has 0 saturated carbocycles. The Hall–Kier alpha value is -2.86. The van der Waals surface area contributed by atoms with Gasteiger partial charge in [-0.2, -0.15) is 0 Å². The predicted octanol–water partition coefficient (Wildman–Crippen LogP) is 4.14. The second kappa shape index (κ2) is 6.70. The minimum Gasteiger partial charge on any atom is -0.345 e. The van der Waals surface area contributed by atoms with E-state index >= 15 is 0 Å². The maximum atomic E-state index is 12.9. The largest absolute Gasteiger partial charge is 0.345 e. The van der Waals surface area contributed by atoms with Crippen molar-refractivity contribution in [3.05, 3.63) is 69.9 Å². The van der Waals surface area contributed by atoms with Gasteiger partial charge in [0.2, 0.25) is 5.91 Å². The Bertz CT molecular complexity index is 1030. The molecule has 0 radical (unpaired) electrons. The molecule has 0 unspecified atom stereocenters. The number of nitrogens with one attached hydrogen (secondary N) is 2. The van der Waals surface area contributed by atoms with Crippen LogP contribution in [0.3, 0.4) is 0 Å². The van der Waals surface area contributed by atoms with Crippen molar-refractivity contribution in [1.82, 2.24) is 9.88 Å². The van der Waals surface area contributed by atoms with E-state index < -0.39 is 0 Å². The van der Waals surface area contributed by atoms with Crippen molar-refractivity contribution in [2.24, 2.45) is 0 Å². The van der Waals surface area contributed by atoms with Gasteiger partial charge in [-0.3, -0.25) is 9.59 Å². The molecule has 2 aromatic heterocycles. The number of aryl methyl sites for hydroxylation is 2. The van der Waals surface area contributed by atoms with Crippen molar-refractivity contribution >= 4 is 28.8 Å². The lowest BCUT2D eigenvalue weighted by molar-refractivity contribution is -0.115. The lowest BCUT2D eigenvalue weighted by atomic mass is 10.0. The number of nitrogens with zero attached hydrogens (tertiary/aromatic N) is 1. The number of rotatable bonds is 4. The van der Waals surface area contributed by atoms with Crippen LogP contribution < -0.4 is 10.6 Å². The Kier molecular flexibility index (Phi) is 4.36. The Morgan fingerprint density at radius 2 is 1.93 bits per heavy atom. The maximum absolute atomic E-state index is 12.9. The van der Waals surface area contributed by atoms with E-state index in [1.165, 1.54) is 0 Å². The first-order valence-corrected chi connectivity index (χ1v) is 9.78. The summed E-state index contributed by atoms with van der Waals surface area (Å²) in [5.74, 6) is -0.0832. The van der Waals surface area contributed by atoms with Crippen LogP contribution in [-0.4, -0.2) is 16.4 Å². The SMILES string of the molecule is Cc1ccc(C)n1-c1sccc1C(=O)N[C@H](C)c1ccc2c(c1)CC(=O)N2. The highest BCUT2D eigenvalue weighted by atomic mass is 32.1. The Morgan fingerprint density at radius 1 is 1.19 bits per heavy atom. The fraction of sp³-hybridized carbons (Fsp3) is 0.238. The number of anilines is 1. The highest BCUT2D eigenvalue weighted by Gasteiger charge is 2.21. The lowest BCUT2D eigenvalue weighted by Crippen LogP contribution is -2.27. The number of hydrogen-bond donors (Lipinski definition) is 2. The molecule has 5 nitrogen and oxygen atoms in total. The van der Waals surface area contributed by atoms with Crippen molar-refractivity contribution in [2.75, 3.05) is 5.32 Å². The highest BCUT2D eigenvalue weighted by Crippen LogP contribution is 2.28. The average Bonchev–Trinajstić information content (AvgIpc) is 3.32. The molecule has 2 N–H and O–H groups in total. The van der Waals surface area contributed by atoms with Crippen LogP contribution in [0.1, 0.15) is 45.8 Å². The number of aromatic nitrogens is 1. The number of fused-ring (bicyclic) bond motifs is 1. The fourth-order valence-electron chi connectivity index (χ4n) is 3.51. The van der Waals surface area contributed by atoms with E-state index in [0.29, 0.717) is 12.0 Å². The lowest BCUT2D eigenvalue weighted by Gasteiger charge is -2.16. The van der Waals surface area contributed by atoms with E-state index in [1.54, 1.807) is 11.3 Å². The van der Waals surface area contributed by atoms with Crippen LogP contribution in [0, 0.1) is 13.8 Å². The summed E-state index contributed by atoms with van der Waals surface area (Å²) in [5, 5.41) is 8.80. The predicted molar refractivity (Wildman–Crippen MR) is 108 cm³/mol. The van der Waals surface area contributed by atoms with Gasteiger partial charge < -0.3 is 15.2 Å². The van der Waals surface area contributed by atoms with Gasteiger partial charge in [-0.05, 0) is 61.5 Å². The molecule has 1 aromatic carbocycles. The van der Waals surface area contributed by atoms with E-state index in [9.17, 15) is 9.59 Å². The first-order chi connectivity index (χ1) is 12.9. The number of carbonyl (C=O) groups excluding carboxylic acids is 2. The number of carbonyl (C=O) groups is 2. The van der Waals surface area contributed by atoms with E-state index in [1.807, 2.05) is 50.4 Å². The molecule has 0 spiro atoms.